The van der Waals surface area contributed by atoms with Gasteiger partial charge in [-0.25, -0.2) is 4.79 Å². The van der Waals surface area contributed by atoms with Crippen LogP contribution in [0.5, 0.6) is 5.75 Å². The second kappa shape index (κ2) is 9.60. The molecule has 0 spiro atoms. The summed E-state index contributed by atoms with van der Waals surface area (Å²) in [5.74, 6) is -0.00242. The first-order valence-electron chi connectivity index (χ1n) is 9.58. The molecular weight excluding hydrogens is 346 g/mol. The van der Waals surface area contributed by atoms with Crippen LogP contribution in [0, 0.1) is 0 Å². The smallest absolute Gasteiger partial charge is 0.317 e. The van der Waals surface area contributed by atoms with Crippen LogP contribution in [0.4, 0.5) is 4.79 Å². The van der Waals surface area contributed by atoms with Crippen LogP contribution in [0.1, 0.15) is 52.1 Å². The second-order valence-corrected chi connectivity index (χ2v) is 7.35. The van der Waals surface area contributed by atoms with Crippen LogP contribution in [-0.4, -0.2) is 53.3 Å². The zero-order valence-electron chi connectivity index (χ0n) is 16.6. The number of carboxylic acids is 1. The fraction of sp³-hybridized carbons (Fsp3) is 0.600. The van der Waals surface area contributed by atoms with Gasteiger partial charge in [-0.15, -0.1) is 0 Å². The molecule has 0 bridgehead atoms. The van der Waals surface area contributed by atoms with E-state index in [-0.39, 0.29) is 36.8 Å². The van der Waals surface area contributed by atoms with Gasteiger partial charge < -0.3 is 20.5 Å². The second-order valence-electron chi connectivity index (χ2n) is 7.35. The molecule has 2 amide bonds. The lowest BCUT2D eigenvalue weighted by atomic mass is 9.85. The van der Waals surface area contributed by atoms with Gasteiger partial charge in [0.15, 0.2) is 0 Å². The molecule has 7 heteroatoms. The van der Waals surface area contributed by atoms with E-state index in [4.69, 9.17) is 9.84 Å². The van der Waals surface area contributed by atoms with Gasteiger partial charge >= 0.3 is 12.0 Å². The standard InChI is InChI=1S/C20H31N3O4/c1-5-23(12-19(24)25)17-10-16(11-17)22-20(26)21-14(4)15-6-8-18(9-7-15)27-13(2)3/h6-9,13-14,16-17H,5,10-12H2,1-4H3,(H,24,25)(H2,21,22,26). The first-order chi connectivity index (χ1) is 12.8. The number of urea groups is 1. The van der Waals surface area contributed by atoms with E-state index in [2.05, 4.69) is 10.6 Å². The van der Waals surface area contributed by atoms with Crippen molar-refractivity contribution >= 4 is 12.0 Å². The van der Waals surface area contributed by atoms with E-state index in [1.165, 1.54) is 0 Å². The maximum absolute atomic E-state index is 12.2. The third-order valence-corrected chi connectivity index (χ3v) is 4.81. The molecule has 0 aliphatic heterocycles. The Bertz CT molecular complexity index is 627. The highest BCUT2D eigenvalue weighted by atomic mass is 16.5. The van der Waals surface area contributed by atoms with Crippen LogP contribution >= 0.6 is 0 Å². The molecule has 7 nitrogen and oxygen atoms in total. The quantitative estimate of drug-likeness (QED) is 0.616. The van der Waals surface area contributed by atoms with Gasteiger partial charge in [0.25, 0.3) is 0 Å². The Kier molecular flexibility index (Phi) is 7.47. The van der Waals surface area contributed by atoms with Crippen LogP contribution < -0.4 is 15.4 Å². The number of rotatable bonds is 9. The Morgan fingerprint density at radius 3 is 2.37 bits per heavy atom. The molecule has 0 saturated heterocycles. The molecule has 3 N–H and O–H groups in total. The summed E-state index contributed by atoms with van der Waals surface area (Å²) in [5, 5.41) is 14.8. The molecule has 0 aromatic heterocycles. The monoisotopic (exact) mass is 377 g/mol. The molecular formula is C20H31N3O4. The number of hydrogen-bond acceptors (Lipinski definition) is 4. The van der Waals surface area contributed by atoms with Gasteiger partial charge in [-0.3, -0.25) is 9.69 Å². The van der Waals surface area contributed by atoms with Crippen molar-refractivity contribution in [3.05, 3.63) is 29.8 Å². The van der Waals surface area contributed by atoms with Crippen molar-refractivity contribution in [2.24, 2.45) is 0 Å². The van der Waals surface area contributed by atoms with E-state index >= 15 is 0 Å². The Morgan fingerprint density at radius 1 is 1.22 bits per heavy atom. The zero-order chi connectivity index (χ0) is 20.0. The Labute approximate surface area is 161 Å². The fourth-order valence-electron chi connectivity index (χ4n) is 3.29. The lowest BCUT2D eigenvalue weighted by Gasteiger charge is -2.42. The van der Waals surface area contributed by atoms with Gasteiger partial charge in [-0.2, -0.15) is 0 Å². The van der Waals surface area contributed by atoms with Gasteiger partial charge in [0.1, 0.15) is 5.75 Å². The molecule has 1 unspecified atom stereocenters. The predicted molar refractivity (Wildman–Crippen MR) is 104 cm³/mol. The SMILES string of the molecule is CCN(CC(=O)O)C1CC(NC(=O)NC(C)c2ccc(OC(C)C)cc2)C1. The number of benzene rings is 1. The van der Waals surface area contributed by atoms with E-state index in [0.29, 0.717) is 6.54 Å². The largest absolute Gasteiger partial charge is 0.491 e. The van der Waals surface area contributed by atoms with Crippen LogP contribution in [-0.2, 0) is 4.79 Å². The molecule has 1 aromatic carbocycles. The van der Waals surface area contributed by atoms with Gasteiger partial charge in [-0.1, -0.05) is 19.1 Å². The minimum Gasteiger partial charge on any atom is -0.491 e. The van der Waals surface area contributed by atoms with Gasteiger partial charge in [0.2, 0.25) is 0 Å². The van der Waals surface area contributed by atoms with Crippen molar-refractivity contribution < 1.29 is 19.4 Å². The summed E-state index contributed by atoms with van der Waals surface area (Å²) in [6.45, 7) is 8.60. The van der Waals surface area contributed by atoms with Gasteiger partial charge in [0, 0.05) is 12.1 Å². The van der Waals surface area contributed by atoms with Crippen molar-refractivity contribution in [2.75, 3.05) is 13.1 Å². The Hall–Kier alpha value is -2.28. The highest BCUT2D eigenvalue weighted by Crippen LogP contribution is 2.25. The van der Waals surface area contributed by atoms with Crippen LogP contribution in [0.3, 0.4) is 0 Å². The molecule has 150 valence electrons. The number of carboxylic acid groups (broad SMARTS) is 1. The molecule has 2 rings (SSSR count). The summed E-state index contributed by atoms with van der Waals surface area (Å²) in [6.07, 6.45) is 1.69. The van der Waals surface area contributed by atoms with E-state index in [9.17, 15) is 9.59 Å². The number of nitrogens with zero attached hydrogens (tertiary/aromatic N) is 1. The average Bonchev–Trinajstić information content (AvgIpc) is 2.55. The number of nitrogens with one attached hydrogen (secondary N) is 2. The Morgan fingerprint density at radius 2 is 1.85 bits per heavy atom. The number of likely N-dealkylation sites (N-methyl/N-ethyl adjacent to an activating group) is 1. The first-order valence-corrected chi connectivity index (χ1v) is 9.58. The predicted octanol–water partition coefficient (Wildman–Crippen LogP) is 2.77. The van der Waals surface area contributed by atoms with Crippen molar-refractivity contribution in [1.29, 1.82) is 0 Å². The van der Waals surface area contributed by atoms with E-state index in [0.717, 1.165) is 24.2 Å². The number of carbonyl (C=O) groups is 2. The normalized spacial score (nSPS) is 20.1. The topological polar surface area (TPSA) is 90.9 Å². The van der Waals surface area contributed by atoms with Crippen molar-refractivity contribution in [1.82, 2.24) is 15.5 Å². The van der Waals surface area contributed by atoms with Crippen molar-refractivity contribution in [3.63, 3.8) is 0 Å². The molecule has 1 saturated carbocycles. The number of carbonyl (C=O) groups excluding carboxylic acids is 1. The number of ether oxygens (including phenoxy) is 1. The van der Waals surface area contributed by atoms with E-state index in [1.807, 2.05) is 56.9 Å². The lowest BCUT2D eigenvalue weighted by Crippen LogP contribution is -2.56. The third-order valence-electron chi connectivity index (χ3n) is 4.81. The zero-order valence-corrected chi connectivity index (χ0v) is 16.6. The molecule has 1 atom stereocenters. The third kappa shape index (κ3) is 6.43. The van der Waals surface area contributed by atoms with Crippen LogP contribution in [0.15, 0.2) is 24.3 Å². The molecule has 1 aromatic rings. The summed E-state index contributed by atoms with van der Waals surface area (Å²) in [5.41, 5.74) is 1.01. The lowest BCUT2D eigenvalue weighted by molar-refractivity contribution is -0.139. The highest BCUT2D eigenvalue weighted by molar-refractivity contribution is 5.75. The van der Waals surface area contributed by atoms with Crippen molar-refractivity contribution in [3.8, 4) is 5.75 Å². The maximum Gasteiger partial charge on any atom is 0.317 e. The van der Waals surface area contributed by atoms with E-state index < -0.39 is 5.97 Å². The number of hydrogen-bond donors (Lipinski definition) is 3. The minimum atomic E-state index is -0.815. The van der Waals surface area contributed by atoms with Crippen LogP contribution in [0.25, 0.3) is 0 Å². The minimum absolute atomic E-state index is 0.0492. The fourth-order valence-corrected chi connectivity index (χ4v) is 3.29. The first kappa shape index (κ1) is 21.0. The summed E-state index contributed by atoms with van der Waals surface area (Å²) in [7, 11) is 0. The summed E-state index contributed by atoms with van der Waals surface area (Å²) in [6, 6.07) is 7.71. The van der Waals surface area contributed by atoms with Crippen LogP contribution in [0.2, 0.25) is 0 Å². The summed E-state index contributed by atoms with van der Waals surface area (Å²) >= 11 is 0. The van der Waals surface area contributed by atoms with Gasteiger partial charge in [0.05, 0.1) is 18.7 Å². The number of aliphatic carboxylic acids is 1. The molecule has 0 heterocycles. The average molecular weight is 377 g/mol. The molecule has 1 fully saturated rings. The van der Waals surface area contributed by atoms with E-state index in [1.54, 1.807) is 0 Å². The Balaban J connectivity index is 1.75. The molecule has 1 aliphatic rings. The summed E-state index contributed by atoms with van der Waals surface area (Å²) in [4.78, 5) is 25.0. The maximum atomic E-state index is 12.2. The number of amides is 2. The molecule has 0 radical (unpaired) electrons. The van der Waals surface area contributed by atoms with Crippen molar-refractivity contribution in [2.45, 2.75) is 64.8 Å². The summed E-state index contributed by atoms with van der Waals surface area (Å²) < 4.78 is 5.63. The highest BCUT2D eigenvalue weighted by Gasteiger charge is 2.34. The molecule has 27 heavy (non-hydrogen) atoms. The molecule has 1 aliphatic carbocycles. The van der Waals surface area contributed by atoms with Gasteiger partial charge in [-0.05, 0) is 57.9 Å².